The quantitative estimate of drug-likeness (QED) is 0.743. The van der Waals surface area contributed by atoms with E-state index in [9.17, 15) is 4.39 Å². The van der Waals surface area contributed by atoms with Crippen molar-refractivity contribution in [3.05, 3.63) is 30.1 Å². The molecule has 1 rings (SSSR count). The van der Waals surface area contributed by atoms with Crippen molar-refractivity contribution in [3.8, 4) is 5.75 Å². The topological polar surface area (TPSA) is 9.23 Å². The lowest BCUT2D eigenvalue weighted by atomic mass is 9.85. The predicted octanol–water partition coefficient (Wildman–Crippen LogP) is 3.94. The van der Waals surface area contributed by atoms with E-state index in [1.165, 1.54) is 12.1 Å². The molecule has 16 heavy (non-hydrogen) atoms. The van der Waals surface area contributed by atoms with E-state index in [0.29, 0.717) is 6.61 Å². The Balaban J connectivity index is 2.58. The first-order valence-electron chi connectivity index (χ1n) is 5.65. The maximum Gasteiger partial charge on any atom is 0.123 e. The molecule has 0 saturated heterocycles. The zero-order chi connectivity index (χ0) is 12.0. The summed E-state index contributed by atoms with van der Waals surface area (Å²) in [6.45, 7) is 4.93. The summed E-state index contributed by atoms with van der Waals surface area (Å²) in [6.07, 6.45) is 2.07. The zero-order valence-corrected chi connectivity index (χ0v) is 10.8. The molecule has 0 aliphatic rings. The van der Waals surface area contributed by atoms with Crippen molar-refractivity contribution in [2.45, 2.75) is 26.7 Å². The van der Waals surface area contributed by atoms with Crippen molar-refractivity contribution in [3.63, 3.8) is 0 Å². The van der Waals surface area contributed by atoms with Gasteiger partial charge in [0.15, 0.2) is 0 Å². The van der Waals surface area contributed by atoms with Crippen molar-refractivity contribution in [1.82, 2.24) is 0 Å². The Kier molecular flexibility index (Phi) is 5.13. The molecule has 3 heteroatoms. The van der Waals surface area contributed by atoms with Gasteiger partial charge in [0.1, 0.15) is 11.6 Å². The summed E-state index contributed by atoms with van der Waals surface area (Å²) in [6, 6.07) is 6.14. The van der Waals surface area contributed by atoms with Gasteiger partial charge in [-0.05, 0) is 42.9 Å². The molecule has 0 unspecified atom stereocenters. The number of ether oxygens (including phenoxy) is 1. The number of hydrogen-bond acceptors (Lipinski definition) is 2. The molecule has 0 aliphatic carbocycles. The van der Waals surface area contributed by atoms with Gasteiger partial charge in [-0.25, -0.2) is 4.39 Å². The Morgan fingerprint density at radius 3 is 2.19 bits per heavy atom. The monoisotopic (exact) mass is 242 g/mol. The van der Waals surface area contributed by atoms with Crippen LogP contribution < -0.4 is 4.74 Å². The van der Waals surface area contributed by atoms with E-state index >= 15 is 0 Å². The molecule has 0 bridgehead atoms. The highest BCUT2D eigenvalue weighted by atomic mass is 32.1. The van der Waals surface area contributed by atoms with Gasteiger partial charge in [-0.3, -0.25) is 0 Å². The van der Waals surface area contributed by atoms with Gasteiger partial charge in [0.2, 0.25) is 0 Å². The number of rotatable bonds is 6. The molecule has 1 aromatic rings. The van der Waals surface area contributed by atoms with Crippen LogP contribution in [0.1, 0.15) is 26.7 Å². The number of thiol groups is 1. The summed E-state index contributed by atoms with van der Waals surface area (Å²) in [5.74, 6) is 1.29. The third-order valence-electron chi connectivity index (χ3n) is 3.19. The van der Waals surface area contributed by atoms with Crippen molar-refractivity contribution >= 4 is 12.6 Å². The fourth-order valence-electron chi connectivity index (χ4n) is 1.49. The van der Waals surface area contributed by atoms with Crippen LogP contribution in [0.4, 0.5) is 4.39 Å². The van der Waals surface area contributed by atoms with E-state index in [1.54, 1.807) is 12.1 Å². The highest BCUT2D eigenvalue weighted by Crippen LogP contribution is 2.28. The Morgan fingerprint density at radius 2 is 1.75 bits per heavy atom. The molecule has 0 amide bonds. The SMILES string of the molecule is CCC(CC)(CS)COc1ccc(F)cc1. The van der Waals surface area contributed by atoms with Crippen LogP contribution in [0.5, 0.6) is 5.75 Å². The fourth-order valence-corrected chi connectivity index (χ4v) is 2.03. The van der Waals surface area contributed by atoms with Gasteiger partial charge >= 0.3 is 0 Å². The lowest BCUT2D eigenvalue weighted by molar-refractivity contribution is 0.157. The van der Waals surface area contributed by atoms with Crippen LogP contribution >= 0.6 is 12.6 Å². The van der Waals surface area contributed by atoms with Gasteiger partial charge in [0.25, 0.3) is 0 Å². The smallest absolute Gasteiger partial charge is 0.123 e. The van der Waals surface area contributed by atoms with E-state index in [1.807, 2.05) is 0 Å². The Morgan fingerprint density at radius 1 is 1.19 bits per heavy atom. The highest BCUT2D eigenvalue weighted by molar-refractivity contribution is 7.80. The number of hydrogen-bond donors (Lipinski definition) is 1. The molecule has 0 fully saturated rings. The first-order valence-corrected chi connectivity index (χ1v) is 6.28. The Hall–Kier alpha value is -0.700. The van der Waals surface area contributed by atoms with E-state index in [-0.39, 0.29) is 11.2 Å². The lowest BCUT2D eigenvalue weighted by Crippen LogP contribution is -2.29. The molecule has 0 atom stereocenters. The second-order valence-electron chi connectivity index (χ2n) is 4.11. The lowest BCUT2D eigenvalue weighted by Gasteiger charge is -2.29. The van der Waals surface area contributed by atoms with E-state index in [2.05, 4.69) is 26.5 Å². The van der Waals surface area contributed by atoms with Gasteiger partial charge in [0, 0.05) is 5.41 Å². The van der Waals surface area contributed by atoms with Gasteiger partial charge in [-0.15, -0.1) is 0 Å². The van der Waals surface area contributed by atoms with Gasteiger partial charge in [-0.1, -0.05) is 13.8 Å². The van der Waals surface area contributed by atoms with Crippen molar-refractivity contribution in [2.75, 3.05) is 12.4 Å². The minimum absolute atomic E-state index is 0.123. The van der Waals surface area contributed by atoms with Crippen LogP contribution in [0, 0.1) is 11.2 Å². The molecule has 0 spiro atoms. The summed E-state index contributed by atoms with van der Waals surface area (Å²) in [4.78, 5) is 0. The molecule has 90 valence electrons. The normalized spacial score (nSPS) is 11.5. The van der Waals surface area contributed by atoms with Gasteiger partial charge in [-0.2, -0.15) is 12.6 Å². The van der Waals surface area contributed by atoms with Gasteiger partial charge < -0.3 is 4.74 Å². The maximum atomic E-state index is 12.7. The predicted molar refractivity (Wildman–Crippen MR) is 68.8 cm³/mol. The van der Waals surface area contributed by atoms with Crippen LogP contribution in [-0.2, 0) is 0 Å². The Bertz CT molecular complexity index is 298. The number of benzene rings is 1. The summed E-state index contributed by atoms with van der Waals surface area (Å²) >= 11 is 4.38. The number of halogens is 1. The summed E-state index contributed by atoms with van der Waals surface area (Å²) in [5.41, 5.74) is 0.123. The average Bonchev–Trinajstić information content (AvgIpc) is 2.34. The molecule has 0 aliphatic heterocycles. The third-order valence-corrected chi connectivity index (χ3v) is 3.86. The van der Waals surface area contributed by atoms with Crippen molar-refractivity contribution < 1.29 is 9.13 Å². The third kappa shape index (κ3) is 3.41. The largest absolute Gasteiger partial charge is 0.493 e. The van der Waals surface area contributed by atoms with E-state index < -0.39 is 0 Å². The highest BCUT2D eigenvalue weighted by Gasteiger charge is 2.25. The van der Waals surface area contributed by atoms with Crippen LogP contribution in [-0.4, -0.2) is 12.4 Å². The van der Waals surface area contributed by atoms with Crippen LogP contribution in [0.3, 0.4) is 0 Å². The minimum atomic E-state index is -0.237. The van der Waals surface area contributed by atoms with E-state index in [0.717, 1.165) is 24.3 Å². The molecule has 0 N–H and O–H groups in total. The zero-order valence-electron chi connectivity index (χ0n) is 9.87. The fraction of sp³-hybridized carbons (Fsp3) is 0.538. The van der Waals surface area contributed by atoms with Crippen LogP contribution in [0.15, 0.2) is 24.3 Å². The van der Waals surface area contributed by atoms with Crippen LogP contribution in [0.2, 0.25) is 0 Å². The molecule has 0 saturated carbocycles. The Labute approximate surface area is 102 Å². The second-order valence-corrected chi connectivity index (χ2v) is 4.42. The molecule has 1 nitrogen and oxygen atoms in total. The molecule has 0 radical (unpaired) electrons. The van der Waals surface area contributed by atoms with Crippen LogP contribution in [0.25, 0.3) is 0 Å². The van der Waals surface area contributed by atoms with Crippen molar-refractivity contribution in [1.29, 1.82) is 0 Å². The maximum absolute atomic E-state index is 12.7. The second kappa shape index (κ2) is 6.14. The molecule has 1 aromatic carbocycles. The first-order chi connectivity index (χ1) is 7.65. The molecular weight excluding hydrogens is 223 g/mol. The standard InChI is InChI=1S/C13H19FOS/c1-3-13(4-2,10-16)9-15-12-7-5-11(14)6-8-12/h5-8,16H,3-4,9-10H2,1-2H3. The minimum Gasteiger partial charge on any atom is -0.493 e. The molecule has 0 aromatic heterocycles. The summed E-state index contributed by atoms with van der Waals surface area (Å²) < 4.78 is 18.4. The summed E-state index contributed by atoms with van der Waals surface area (Å²) in [7, 11) is 0. The van der Waals surface area contributed by atoms with E-state index in [4.69, 9.17) is 4.74 Å². The summed E-state index contributed by atoms with van der Waals surface area (Å²) in [5, 5.41) is 0. The van der Waals surface area contributed by atoms with Crippen molar-refractivity contribution in [2.24, 2.45) is 5.41 Å². The first kappa shape index (κ1) is 13.4. The molecule has 0 heterocycles. The molecular formula is C13H19FOS. The average molecular weight is 242 g/mol. The van der Waals surface area contributed by atoms with Gasteiger partial charge in [0.05, 0.1) is 6.61 Å².